The van der Waals surface area contributed by atoms with E-state index in [4.69, 9.17) is 0 Å². The number of aromatic nitrogens is 6. The highest BCUT2D eigenvalue weighted by Gasteiger charge is 2.17. The summed E-state index contributed by atoms with van der Waals surface area (Å²) in [5.41, 5.74) is 5.44. The highest BCUT2D eigenvalue weighted by Crippen LogP contribution is 2.29. The monoisotopic (exact) mass is 467 g/mol. The van der Waals surface area contributed by atoms with Crippen LogP contribution in [0.4, 0.5) is 4.39 Å². The van der Waals surface area contributed by atoms with Gasteiger partial charge in [0.05, 0.1) is 36.0 Å². The highest BCUT2D eigenvalue weighted by atomic mass is 19.1. The number of hydrogen-bond donors (Lipinski definition) is 1. The second-order valence-electron chi connectivity index (χ2n) is 8.31. The van der Waals surface area contributed by atoms with Gasteiger partial charge in [-0.25, -0.2) is 19.3 Å². The minimum absolute atomic E-state index is 0.213. The van der Waals surface area contributed by atoms with Crippen LogP contribution in [0.25, 0.3) is 28.0 Å². The molecular weight excluding hydrogens is 445 g/mol. The van der Waals surface area contributed by atoms with Crippen molar-refractivity contribution in [2.45, 2.75) is 27.3 Å². The molecule has 1 N–H and O–H groups in total. The molecule has 5 rings (SSSR count). The van der Waals surface area contributed by atoms with Gasteiger partial charge in [0.15, 0.2) is 5.65 Å². The Morgan fingerprint density at radius 1 is 1.00 bits per heavy atom. The van der Waals surface area contributed by atoms with Crippen molar-refractivity contribution in [1.82, 2.24) is 34.8 Å². The lowest BCUT2D eigenvalue weighted by atomic mass is 9.99. The van der Waals surface area contributed by atoms with Crippen LogP contribution in [0.15, 0.2) is 61.3 Å². The Hall–Kier alpha value is -4.53. The number of imidazole rings is 1. The maximum absolute atomic E-state index is 14.9. The van der Waals surface area contributed by atoms with Crippen LogP contribution in [0.3, 0.4) is 0 Å². The van der Waals surface area contributed by atoms with Crippen LogP contribution >= 0.6 is 0 Å². The predicted molar refractivity (Wildman–Crippen MR) is 129 cm³/mol. The summed E-state index contributed by atoms with van der Waals surface area (Å²) in [5.74, 6) is -0.0130. The number of carbonyl (C=O) groups excluding carboxylic acids is 1. The van der Waals surface area contributed by atoms with Crippen LogP contribution in [0.5, 0.6) is 0 Å². The first-order valence-corrected chi connectivity index (χ1v) is 11.0. The quantitative estimate of drug-likeness (QED) is 0.415. The van der Waals surface area contributed by atoms with Crippen LogP contribution in [0.1, 0.15) is 33.1 Å². The molecule has 0 fully saturated rings. The molecule has 174 valence electrons. The second kappa shape index (κ2) is 9.02. The summed E-state index contributed by atoms with van der Waals surface area (Å²) in [6, 6.07) is 10.3. The fraction of sp³-hybridized carbons (Fsp3) is 0.154. The van der Waals surface area contributed by atoms with Crippen molar-refractivity contribution in [2.24, 2.45) is 0 Å². The number of aryl methyl sites for hydroxylation is 3. The number of rotatable bonds is 5. The van der Waals surface area contributed by atoms with Gasteiger partial charge in [0.25, 0.3) is 5.91 Å². The number of nitrogens with one attached hydrogen (secondary N) is 1. The molecule has 5 aromatic rings. The molecule has 9 heteroatoms. The zero-order chi connectivity index (χ0) is 24.5. The first kappa shape index (κ1) is 22.3. The lowest BCUT2D eigenvalue weighted by molar-refractivity contribution is 0.0950. The van der Waals surface area contributed by atoms with Gasteiger partial charge >= 0.3 is 0 Å². The lowest BCUT2D eigenvalue weighted by Crippen LogP contribution is -2.23. The minimum atomic E-state index is -0.363. The third-order valence-corrected chi connectivity index (χ3v) is 5.63. The summed E-state index contributed by atoms with van der Waals surface area (Å²) >= 11 is 0. The van der Waals surface area contributed by atoms with Gasteiger partial charge in [-0.15, -0.1) is 0 Å². The third-order valence-electron chi connectivity index (χ3n) is 5.63. The fourth-order valence-corrected chi connectivity index (χ4v) is 3.92. The number of hydrogen-bond acceptors (Lipinski definition) is 6. The largest absolute Gasteiger partial charge is 0.346 e. The van der Waals surface area contributed by atoms with Gasteiger partial charge in [0.2, 0.25) is 0 Å². The van der Waals surface area contributed by atoms with E-state index in [0.717, 1.165) is 11.3 Å². The fourth-order valence-electron chi connectivity index (χ4n) is 3.92. The molecule has 0 spiro atoms. The van der Waals surface area contributed by atoms with Crippen molar-refractivity contribution in [2.75, 3.05) is 0 Å². The molecular formula is C26H22FN7O. The van der Waals surface area contributed by atoms with E-state index in [0.29, 0.717) is 45.1 Å². The number of halogens is 1. The van der Waals surface area contributed by atoms with Gasteiger partial charge in [-0.05, 0) is 56.2 Å². The molecule has 0 radical (unpaired) electrons. The molecule has 3 aromatic heterocycles. The standard InChI is InChI=1S/C26H22FN7O/c1-15-4-5-22(23(27)6-15)18-7-19(26(35)31-12-20-11-29-16(2)10-30-20)9-21(8-18)34-17(3)33-24-13-28-14-32-25(24)34/h4-11,13-14H,12H2,1-3H3,(H,31,35). The maximum Gasteiger partial charge on any atom is 0.251 e. The topological polar surface area (TPSA) is 98.5 Å². The van der Waals surface area contributed by atoms with E-state index >= 15 is 0 Å². The van der Waals surface area contributed by atoms with E-state index in [1.807, 2.05) is 37.5 Å². The van der Waals surface area contributed by atoms with Crippen LogP contribution < -0.4 is 5.32 Å². The van der Waals surface area contributed by atoms with Crippen molar-refractivity contribution in [1.29, 1.82) is 0 Å². The van der Waals surface area contributed by atoms with Crippen LogP contribution in [0.2, 0.25) is 0 Å². The third kappa shape index (κ3) is 4.48. The van der Waals surface area contributed by atoms with E-state index in [-0.39, 0.29) is 18.3 Å². The van der Waals surface area contributed by atoms with E-state index in [2.05, 4.69) is 30.2 Å². The Morgan fingerprint density at radius 2 is 1.86 bits per heavy atom. The van der Waals surface area contributed by atoms with Gasteiger partial charge in [-0.2, -0.15) is 0 Å². The first-order chi connectivity index (χ1) is 16.9. The molecule has 0 atom stereocenters. The number of amides is 1. The molecule has 0 aliphatic carbocycles. The molecule has 0 aliphatic heterocycles. The SMILES string of the molecule is Cc1ccc(-c2cc(C(=O)NCc3cnc(C)cn3)cc(-n3c(C)nc4cncnc43)c2)c(F)c1. The molecule has 2 aromatic carbocycles. The zero-order valence-corrected chi connectivity index (χ0v) is 19.5. The Labute approximate surface area is 201 Å². The number of benzene rings is 2. The summed E-state index contributed by atoms with van der Waals surface area (Å²) < 4.78 is 16.8. The average Bonchev–Trinajstić information content (AvgIpc) is 3.19. The molecule has 1 amide bonds. The van der Waals surface area contributed by atoms with Gasteiger partial charge in [0, 0.05) is 17.3 Å². The van der Waals surface area contributed by atoms with E-state index < -0.39 is 0 Å². The maximum atomic E-state index is 14.9. The average molecular weight is 468 g/mol. The summed E-state index contributed by atoms with van der Waals surface area (Å²) in [6.45, 7) is 5.73. The Morgan fingerprint density at radius 3 is 2.63 bits per heavy atom. The van der Waals surface area contributed by atoms with Crippen LogP contribution in [-0.2, 0) is 6.54 Å². The van der Waals surface area contributed by atoms with Gasteiger partial charge in [0.1, 0.15) is 23.5 Å². The van der Waals surface area contributed by atoms with Crippen molar-refractivity contribution in [3.8, 4) is 16.8 Å². The number of fused-ring (bicyclic) bond motifs is 1. The molecule has 3 heterocycles. The summed E-state index contributed by atoms with van der Waals surface area (Å²) in [4.78, 5) is 34.6. The zero-order valence-electron chi connectivity index (χ0n) is 19.5. The predicted octanol–water partition coefficient (Wildman–Crippen LogP) is 4.27. The van der Waals surface area contributed by atoms with Crippen LogP contribution in [-0.4, -0.2) is 35.4 Å². The van der Waals surface area contributed by atoms with Crippen molar-refractivity contribution < 1.29 is 9.18 Å². The van der Waals surface area contributed by atoms with E-state index in [9.17, 15) is 9.18 Å². The Kier molecular flexibility index (Phi) is 5.74. The molecule has 8 nitrogen and oxygen atoms in total. The molecule has 0 aliphatic rings. The van der Waals surface area contributed by atoms with Gasteiger partial charge < -0.3 is 5.32 Å². The second-order valence-corrected chi connectivity index (χ2v) is 8.31. The Bertz CT molecular complexity index is 1560. The van der Waals surface area contributed by atoms with Crippen LogP contribution in [0, 0.1) is 26.6 Å². The number of carbonyl (C=O) groups is 1. The smallest absolute Gasteiger partial charge is 0.251 e. The molecule has 35 heavy (non-hydrogen) atoms. The molecule has 0 unspecified atom stereocenters. The van der Waals surface area contributed by atoms with Gasteiger partial charge in [-0.3, -0.25) is 19.3 Å². The molecule has 0 saturated heterocycles. The van der Waals surface area contributed by atoms with Crippen molar-refractivity contribution >= 4 is 17.1 Å². The van der Waals surface area contributed by atoms with Crippen molar-refractivity contribution in [3.05, 3.63) is 95.5 Å². The number of nitrogens with zero attached hydrogens (tertiary/aromatic N) is 6. The molecule has 0 bridgehead atoms. The normalized spacial score (nSPS) is 11.1. The minimum Gasteiger partial charge on any atom is -0.346 e. The highest BCUT2D eigenvalue weighted by molar-refractivity contribution is 5.96. The van der Waals surface area contributed by atoms with E-state index in [1.165, 1.54) is 12.4 Å². The lowest BCUT2D eigenvalue weighted by Gasteiger charge is -2.13. The van der Waals surface area contributed by atoms with Crippen molar-refractivity contribution in [3.63, 3.8) is 0 Å². The summed E-state index contributed by atoms with van der Waals surface area (Å²) in [6.07, 6.45) is 6.35. The molecule has 0 saturated carbocycles. The summed E-state index contributed by atoms with van der Waals surface area (Å²) in [7, 11) is 0. The van der Waals surface area contributed by atoms with E-state index in [1.54, 1.807) is 36.8 Å². The first-order valence-electron chi connectivity index (χ1n) is 11.0. The van der Waals surface area contributed by atoms with Gasteiger partial charge in [-0.1, -0.05) is 12.1 Å². The Balaban J connectivity index is 1.60. The summed E-state index contributed by atoms with van der Waals surface area (Å²) in [5, 5.41) is 2.88.